The van der Waals surface area contributed by atoms with Crippen molar-refractivity contribution in [1.29, 1.82) is 0 Å². The molecule has 0 radical (unpaired) electrons. The lowest BCUT2D eigenvalue weighted by molar-refractivity contribution is -0.0500. The number of hydrogen-bond donors (Lipinski definition) is 2. The number of anilines is 1. The lowest BCUT2D eigenvalue weighted by Crippen LogP contribution is -2.56. The van der Waals surface area contributed by atoms with Crippen molar-refractivity contribution in [3.05, 3.63) is 53.3 Å². The molecule has 2 heterocycles. The van der Waals surface area contributed by atoms with Crippen molar-refractivity contribution in [3.63, 3.8) is 0 Å². The van der Waals surface area contributed by atoms with Gasteiger partial charge in [-0.15, -0.1) is 0 Å². The molecule has 1 aliphatic heterocycles. The Morgan fingerprint density at radius 2 is 2.09 bits per heavy atom. The SMILES string of the molecule is CN1C(N)=N[C@]2(C)c3cc(NC(=O)c4ccc(OC(F)F)cn4)ccc3CCC[C@H]2S1(=O)=O. The van der Waals surface area contributed by atoms with Crippen LogP contribution in [0.1, 0.15) is 41.4 Å². The number of carbonyl (C=O) groups excluding carboxylic acids is 1. The zero-order valence-corrected chi connectivity index (χ0v) is 18.8. The van der Waals surface area contributed by atoms with Crippen LogP contribution in [0, 0.1) is 0 Å². The van der Waals surface area contributed by atoms with Crippen LogP contribution < -0.4 is 15.8 Å². The number of benzene rings is 1. The summed E-state index contributed by atoms with van der Waals surface area (Å²) in [7, 11) is -2.32. The first-order valence-corrected chi connectivity index (χ1v) is 11.7. The van der Waals surface area contributed by atoms with Gasteiger partial charge in [-0.1, -0.05) is 6.07 Å². The number of alkyl halides is 2. The minimum absolute atomic E-state index is 0.000202. The molecule has 0 unspecified atom stereocenters. The van der Waals surface area contributed by atoms with Crippen LogP contribution in [0.5, 0.6) is 5.75 Å². The highest BCUT2D eigenvalue weighted by molar-refractivity contribution is 7.90. The van der Waals surface area contributed by atoms with Crippen molar-refractivity contribution in [2.24, 2.45) is 10.7 Å². The second-order valence-electron chi connectivity index (χ2n) is 8.09. The molecule has 1 aromatic heterocycles. The van der Waals surface area contributed by atoms with Gasteiger partial charge < -0.3 is 15.8 Å². The third-order valence-electron chi connectivity index (χ3n) is 6.06. The van der Waals surface area contributed by atoms with Gasteiger partial charge in [0, 0.05) is 12.7 Å². The average Bonchev–Trinajstić information content (AvgIpc) is 2.89. The molecule has 2 aromatic rings. The Morgan fingerprint density at radius 3 is 2.76 bits per heavy atom. The summed E-state index contributed by atoms with van der Waals surface area (Å²) in [5.74, 6) is -0.816. The van der Waals surface area contributed by atoms with Gasteiger partial charge in [0.25, 0.3) is 5.91 Å². The maximum Gasteiger partial charge on any atom is 0.387 e. The fourth-order valence-corrected chi connectivity index (χ4v) is 6.27. The first-order valence-electron chi connectivity index (χ1n) is 10.2. The number of nitrogens with two attached hydrogens (primary N) is 1. The highest BCUT2D eigenvalue weighted by atomic mass is 32.2. The number of guanidine groups is 1. The van der Waals surface area contributed by atoms with E-state index in [9.17, 15) is 22.0 Å². The summed E-state index contributed by atoms with van der Waals surface area (Å²) in [6.45, 7) is -1.25. The Labute approximate surface area is 189 Å². The number of aromatic nitrogens is 1. The summed E-state index contributed by atoms with van der Waals surface area (Å²) in [5, 5.41) is 1.92. The van der Waals surface area contributed by atoms with Gasteiger partial charge in [-0.3, -0.25) is 4.79 Å². The van der Waals surface area contributed by atoms with Crippen molar-refractivity contribution in [2.45, 2.75) is 43.6 Å². The zero-order valence-electron chi connectivity index (χ0n) is 18.0. The first-order chi connectivity index (χ1) is 15.5. The minimum atomic E-state index is -3.71. The molecule has 33 heavy (non-hydrogen) atoms. The van der Waals surface area contributed by atoms with E-state index in [0.717, 1.165) is 16.1 Å². The number of nitrogens with one attached hydrogen (secondary N) is 1. The van der Waals surface area contributed by atoms with Gasteiger partial charge in [0.15, 0.2) is 0 Å². The number of aliphatic imine (C=N–C) groups is 1. The second kappa shape index (κ2) is 8.25. The molecule has 0 saturated heterocycles. The number of halogens is 2. The normalized spacial score (nSPS) is 23.7. The molecule has 1 aromatic carbocycles. The number of rotatable bonds is 4. The Morgan fingerprint density at radius 1 is 1.33 bits per heavy atom. The van der Waals surface area contributed by atoms with Crippen molar-refractivity contribution >= 4 is 27.6 Å². The molecule has 1 aliphatic carbocycles. The number of amides is 1. The van der Waals surface area contributed by atoms with E-state index in [1.54, 1.807) is 19.1 Å². The van der Waals surface area contributed by atoms with Crippen molar-refractivity contribution < 1.29 is 26.7 Å². The molecular weight excluding hydrogens is 456 g/mol. The second-order valence-corrected chi connectivity index (χ2v) is 10.2. The summed E-state index contributed by atoms with van der Waals surface area (Å²) in [6.07, 6.45) is 2.79. The van der Waals surface area contributed by atoms with E-state index in [4.69, 9.17) is 5.73 Å². The highest BCUT2D eigenvalue weighted by Gasteiger charge is 2.51. The largest absolute Gasteiger partial charge is 0.433 e. The van der Waals surface area contributed by atoms with Crippen molar-refractivity contribution in [2.75, 3.05) is 12.4 Å². The van der Waals surface area contributed by atoms with Crippen LogP contribution in [-0.2, 0) is 22.0 Å². The lowest BCUT2D eigenvalue weighted by atomic mass is 9.86. The summed E-state index contributed by atoms with van der Waals surface area (Å²) >= 11 is 0. The molecule has 0 fully saturated rings. The fraction of sp³-hybridized carbons (Fsp3) is 0.381. The van der Waals surface area contributed by atoms with E-state index < -0.39 is 33.3 Å². The number of aryl methyl sites for hydroxylation is 1. The predicted octanol–water partition coefficient (Wildman–Crippen LogP) is 2.45. The molecule has 0 bridgehead atoms. The number of carbonyl (C=O) groups is 1. The Bertz CT molecular complexity index is 1220. The van der Waals surface area contributed by atoms with Crippen molar-refractivity contribution in [1.82, 2.24) is 9.29 Å². The van der Waals surface area contributed by atoms with E-state index >= 15 is 0 Å². The molecule has 9 nitrogen and oxygen atoms in total. The standard InChI is InChI=1S/C21H23F2N5O4S/c1-21-15-10-13(26-18(29)16-9-8-14(11-25-16)32-19(22)23)7-6-12(15)4-3-5-17(21)33(30,31)28(2)20(24)27-21/h6-11,17,19H,3-5H2,1-2H3,(H2,24,27)(H,26,29)/t17-,21-/m1/s1. The van der Waals surface area contributed by atoms with Crippen LogP contribution in [0.25, 0.3) is 0 Å². The third-order valence-corrected chi connectivity index (χ3v) is 8.42. The number of hydrogen-bond acceptors (Lipinski definition) is 7. The number of ether oxygens (including phenoxy) is 1. The Kier molecular flexibility index (Phi) is 5.72. The van der Waals surface area contributed by atoms with Crippen LogP contribution in [0.4, 0.5) is 14.5 Å². The van der Waals surface area contributed by atoms with E-state index in [1.807, 2.05) is 6.07 Å². The molecular formula is C21H23F2N5O4S. The summed E-state index contributed by atoms with van der Waals surface area (Å²) < 4.78 is 56.0. The maximum atomic E-state index is 13.1. The molecule has 1 amide bonds. The number of sulfonamides is 1. The first kappa shape index (κ1) is 22.9. The third kappa shape index (κ3) is 4.10. The number of nitrogens with zero attached hydrogens (tertiary/aromatic N) is 3. The molecule has 12 heteroatoms. The number of pyridine rings is 1. The molecule has 0 spiro atoms. The summed E-state index contributed by atoms with van der Waals surface area (Å²) in [5.41, 5.74) is 6.86. The monoisotopic (exact) mass is 479 g/mol. The van der Waals surface area contributed by atoms with Crippen LogP contribution >= 0.6 is 0 Å². The van der Waals surface area contributed by atoms with Gasteiger partial charge in [0.1, 0.15) is 22.2 Å². The molecule has 4 rings (SSSR count). The van der Waals surface area contributed by atoms with Crippen molar-refractivity contribution in [3.8, 4) is 5.75 Å². The molecule has 2 atom stereocenters. The molecule has 3 N–H and O–H groups in total. The predicted molar refractivity (Wildman–Crippen MR) is 118 cm³/mol. The van der Waals surface area contributed by atoms with Crippen LogP contribution in [0.2, 0.25) is 0 Å². The van der Waals surface area contributed by atoms with Crippen LogP contribution in [0.3, 0.4) is 0 Å². The van der Waals surface area contributed by atoms with Gasteiger partial charge in [-0.05, 0) is 61.6 Å². The summed E-state index contributed by atoms with van der Waals surface area (Å²) in [6, 6.07) is 7.74. The lowest BCUT2D eigenvalue weighted by Gasteiger charge is -2.41. The highest BCUT2D eigenvalue weighted by Crippen LogP contribution is 2.44. The molecule has 0 saturated carbocycles. The Hall–Kier alpha value is -3.28. The molecule has 176 valence electrons. The topological polar surface area (TPSA) is 127 Å². The fourth-order valence-electron chi connectivity index (χ4n) is 4.36. The summed E-state index contributed by atoms with van der Waals surface area (Å²) in [4.78, 5) is 21.1. The van der Waals surface area contributed by atoms with E-state index in [1.165, 1.54) is 19.2 Å². The van der Waals surface area contributed by atoms with E-state index in [0.29, 0.717) is 30.5 Å². The van der Waals surface area contributed by atoms with Gasteiger partial charge in [-0.2, -0.15) is 8.78 Å². The van der Waals surface area contributed by atoms with Crippen LogP contribution in [0.15, 0.2) is 41.5 Å². The van der Waals surface area contributed by atoms with E-state index in [-0.39, 0.29) is 17.4 Å². The number of fused-ring (bicyclic) bond motifs is 3. The van der Waals surface area contributed by atoms with Crippen LogP contribution in [-0.4, -0.2) is 48.5 Å². The molecule has 2 aliphatic rings. The Balaban J connectivity index is 1.66. The quantitative estimate of drug-likeness (QED) is 0.694. The van der Waals surface area contributed by atoms with Gasteiger partial charge in [-0.25, -0.2) is 22.7 Å². The van der Waals surface area contributed by atoms with Gasteiger partial charge >= 0.3 is 6.61 Å². The smallest absolute Gasteiger partial charge is 0.387 e. The van der Waals surface area contributed by atoms with Gasteiger partial charge in [0.2, 0.25) is 16.0 Å². The van der Waals surface area contributed by atoms with E-state index in [2.05, 4.69) is 20.0 Å². The minimum Gasteiger partial charge on any atom is -0.433 e. The van der Waals surface area contributed by atoms with Gasteiger partial charge in [0.05, 0.1) is 6.20 Å². The average molecular weight is 480 g/mol. The maximum absolute atomic E-state index is 13.1. The zero-order chi connectivity index (χ0) is 24.0.